The van der Waals surface area contributed by atoms with Gasteiger partial charge in [0.05, 0.1) is 0 Å². The van der Waals surface area contributed by atoms with Crippen molar-refractivity contribution in [2.75, 3.05) is 6.54 Å². The minimum atomic E-state index is -0.126. The number of carbonyl (C=O) groups excluding carboxylic acids is 1. The summed E-state index contributed by atoms with van der Waals surface area (Å²) >= 11 is 0. The molecule has 18 heavy (non-hydrogen) atoms. The van der Waals surface area contributed by atoms with Crippen molar-refractivity contribution in [1.29, 1.82) is 0 Å². The average molecular weight is 251 g/mol. The Labute approximate surface area is 107 Å². The van der Waals surface area contributed by atoms with Gasteiger partial charge in [0.2, 0.25) is 0 Å². The van der Waals surface area contributed by atoms with Gasteiger partial charge in [-0.1, -0.05) is 12.1 Å². The minimum Gasteiger partial charge on any atom is -0.361 e. The first kappa shape index (κ1) is 13.1. The van der Waals surface area contributed by atoms with Crippen LogP contribution in [0.15, 0.2) is 10.6 Å². The van der Waals surface area contributed by atoms with Crippen molar-refractivity contribution < 1.29 is 9.32 Å². The van der Waals surface area contributed by atoms with E-state index >= 15 is 0 Å². The van der Waals surface area contributed by atoms with E-state index in [1.54, 1.807) is 13.0 Å². The van der Waals surface area contributed by atoms with E-state index in [1.165, 1.54) is 0 Å². The monoisotopic (exact) mass is 251 g/mol. The number of hydrogen-bond donors (Lipinski definition) is 2. The van der Waals surface area contributed by atoms with Crippen LogP contribution in [0.2, 0.25) is 0 Å². The molecule has 1 heterocycles. The largest absolute Gasteiger partial charge is 0.361 e. The molecule has 2 rings (SSSR count). The van der Waals surface area contributed by atoms with Crippen molar-refractivity contribution in [1.82, 2.24) is 15.8 Å². The van der Waals surface area contributed by atoms with Gasteiger partial charge in [-0.15, -0.1) is 0 Å². The smallest absolute Gasteiger partial charge is 0.273 e. The Morgan fingerprint density at radius 3 is 2.61 bits per heavy atom. The summed E-state index contributed by atoms with van der Waals surface area (Å²) in [5, 5.41) is 10.2. The van der Waals surface area contributed by atoms with Crippen LogP contribution in [0.4, 0.5) is 0 Å². The van der Waals surface area contributed by atoms with Crippen LogP contribution in [-0.2, 0) is 0 Å². The molecule has 1 amide bonds. The van der Waals surface area contributed by atoms with Crippen LogP contribution in [-0.4, -0.2) is 29.7 Å². The number of carbonyl (C=O) groups is 1. The standard InChI is InChI=1S/C13H21N3O2/c1-3-14-10-4-6-11(7-5-10)15-13(17)12-8-9(2)18-16-12/h8,10-11,14H,3-7H2,1-2H3,(H,15,17). The van der Waals surface area contributed by atoms with Crippen molar-refractivity contribution in [2.24, 2.45) is 0 Å². The molecule has 2 N–H and O–H groups in total. The maximum Gasteiger partial charge on any atom is 0.273 e. The van der Waals surface area contributed by atoms with Gasteiger partial charge in [-0.3, -0.25) is 4.79 Å². The first-order valence-electron chi connectivity index (χ1n) is 6.66. The second-order valence-electron chi connectivity index (χ2n) is 4.90. The molecule has 100 valence electrons. The third kappa shape index (κ3) is 3.32. The van der Waals surface area contributed by atoms with Gasteiger partial charge in [-0.25, -0.2) is 0 Å². The number of amides is 1. The predicted octanol–water partition coefficient (Wildman–Crippen LogP) is 1.63. The zero-order chi connectivity index (χ0) is 13.0. The van der Waals surface area contributed by atoms with Gasteiger partial charge < -0.3 is 15.2 Å². The lowest BCUT2D eigenvalue weighted by atomic mass is 9.91. The maximum atomic E-state index is 11.9. The second kappa shape index (κ2) is 6.00. The Morgan fingerprint density at radius 2 is 2.06 bits per heavy atom. The molecule has 0 unspecified atom stereocenters. The quantitative estimate of drug-likeness (QED) is 0.853. The van der Waals surface area contributed by atoms with Gasteiger partial charge in [-0.05, 0) is 39.2 Å². The normalized spacial score (nSPS) is 23.9. The summed E-state index contributed by atoms with van der Waals surface area (Å²) in [5.41, 5.74) is 0.376. The summed E-state index contributed by atoms with van der Waals surface area (Å²) in [6.45, 7) is 4.92. The van der Waals surface area contributed by atoms with Crippen LogP contribution < -0.4 is 10.6 Å². The Morgan fingerprint density at radius 1 is 1.39 bits per heavy atom. The zero-order valence-electron chi connectivity index (χ0n) is 11.0. The van der Waals surface area contributed by atoms with Gasteiger partial charge in [-0.2, -0.15) is 0 Å². The van der Waals surface area contributed by atoms with Crippen LogP contribution in [0.25, 0.3) is 0 Å². The highest BCUT2D eigenvalue weighted by Crippen LogP contribution is 2.19. The van der Waals surface area contributed by atoms with E-state index in [0.717, 1.165) is 32.2 Å². The molecule has 0 bridgehead atoms. The van der Waals surface area contributed by atoms with Crippen LogP contribution >= 0.6 is 0 Å². The SMILES string of the molecule is CCNC1CCC(NC(=O)c2cc(C)on2)CC1. The summed E-state index contributed by atoms with van der Waals surface area (Å²) in [7, 11) is 0. The fourth-order valence-corrected chi connectivity index (χ4v) is 2.46. The summed E-state index contributed by atoms with van der Waals surface area (Å²) in [6.07, 6.45) is 4.30. The Balaban J connectivity index is 1.79. The molecule has 5 nitrogen and oxygen atoms in total. The van der Waals surface area contributed by atoms with E-state index in [2.05, 4.69) is 22.7 Å². The van der Waals surface area contributed by atoms with Gasteiger partial charge in [0.25, 0.3) is 5.91 Å². The summed E-state index contributed by atoms with van der Waals surface area (Å²) in [4.78, 5) is 11.9. The van der Waals surface area contributed by atoms with Crippen LogP contribution in [0, 0.1) is 6.92 Å². The Bertz CT molecular complexity index is 395. The minimum absolute atomic E-state index is 0.126. The molecule has 5 heteroatoms. The second-order valence-corrected chi connectivity index (χ2v) is 4.90. The molecule has 0 spiro atoms. The number of nitrogens with zero attached hydrogens (tertiary/aromatic N) is 1. The van der Waals surface area contributed by atoms with E-state index < -0.39 is 0 Å². The summed E-state index contributed by atoms with van der Waals surface area (Å²) in [6, 6.07) is 2.54. The molecule has 1 aromatic heterocycles. The van der Waals surface area contributed by atoms with Crippen molar-refractivity contribution in [3.63, 3.8) is 0 Å². The topological polar surface area (TPSA) is 67.2 Å². The molecule has 0 radical (unpaired) electrons. The number of aryl methyl sites for hydroxylation is 1. The molecule has 0 aliphatic heterocycles. The van der Waals surface area contributed by atoms with E-state index in [-0.39, 0.29) is 11.9 Å². The zero-order valence-corrected chi connectivity index (χ0v) is 11.0. The number of rotatable bonds is 4. The average Bonchev–Trinajstić information content (AvgIpc) is 2.79. The fourth-order valence-electron chi connectivity index (χ4n) is 2.46. The van der Waals surface area contributed by atoms with Crippen molar-refractivity contribution in [2.45, 2.75) is 51.6 Å². The van der Waals surface area contributed by atoms with E-state index in [0.29, 0.717) is 17.5 Å². The molecule has 0 atom stereocenters. The third-order valence-corrected chi connectivity index (χ3v) is 3.42. The highest BCUT2D eigenvalue weighted by molar-refractivity contribution is 5.92. The lowest BCUT2D eigenvalue weighted by Crippen LogP contribution is -2.42. The lowest BCUT2D eigenvalue weighted by Gasteiger charge is -2.29. The van der Waals surface area contributed by atoms with Gasteiger partial charge in [0, 0.05) is 18.2 Å². The van der Waals surface area contributed by atoms with Crippen LogP contribution in [0.1, 0.15) is 48.9 Å². The van der Waals surface area contributed by atoms with Gasteiger partial charge >= 0.3 is 0 Å². The summed E-state index contributed by atoms with van der Waals surface area (Å²) < 4.78 is 4.90. The molecule has 1 aliphatic rings. The predicted molar refractivity (Wildman–Crippen MR) is 68.4 cm³/mol. The first-order chi connectivity index (χ1) is 8.69. The molecule has 1 aliphatic carbocycles. The van der Waals surface area contributed by atoms with Crippen molar-refractivity contribution in [3.8, 4) is 0 Å². The Hall–Kier alpha value is -1.36. The molecule has 0 aromatic carbocycles. The molecule has 0 saturated heterocycles. The molecular weight excluding hydrogens is 230 g/mol. The highest BCUT2D eigenvalue weighted by atomic mass is 16.5. The lowest BCUT2D eigenvalue weighted by molar-refractivity contribution is 0.0915. The number of hydrogen-bond acceptors (Lipinski definition) is 4. The summed E-state index contributed by atoms with van der Waals surface area (Å²) in [5.74, 6) is 0.537. The van der Waals surface area contributed by atoms with Crippen LogP contribution in [0.3, 0.4) is 0 Å². The van der Waals surface area contributed by atoms with E-state index in [9.17, 15) is 4.79 Å². The first-order valence-corrected chi connectivity index (χ1v) is 6.66. The van der Waals surface area contributed by atoms with Gasteiger partial charge in [0.1, 0.15) is 5.76 Å². The molecule has 1 fully saturated rings. The van der Waals surface area contributed by atoms with E-state index in [1.807, 2.05) is 0 Å². The molecular formula is C13H21N3O2. The van der Waals surface area contributed by atoms with Crippen molar-refractivity contribution >= 4 is 5.91 Å². The maximum absolute atomic E-state index is 11.9. The number of nitrogens with one attached hydrogen (secondary N) is 2. The molecule has 1 aromatic rings. The van der Waals surface area contributed by atoms with Gasteiger partial charge in [0.15, 0.2) is 5.69 Å². The highest BCUT2D eigenvalue weighted by Gasteiger charge is 2.23. The number of aromatic nitrogens is 1. The Kier molecular flexibility index (Phi) is 4.36. The van der Waals surface area contributed by atoms with Crippen molar-refractivity contribution in [3.05, 3.63) is 17.5 Å². The van der Waals surface area contributed by atoms with E-state index in [4.69, 9.17) is 4.52 Å². The fraction of sp³-hybridized carbons (Fsp3) is 0.692. The third-order valence-electron chi connectivity index (χ3n) is 3.42. The molecule has 1 saturated carbocycles. The van der Waals surface area contributed by atoms with Crippen LogP contribution in [0.5, 0.6) is 0 Å².